The average molecular weight is 238 g/mol. The van der Waals surface area contributed by atoms with Crippen molar-refractivity contribution in [2.24, 2.45) is 5.73 Å². The van der Waals surface area contributed by atoms with E-state index in [2.05, 4.69) is 5.32 Å². The summed E-state index contributed by atoms with van der Waals surface area (Å²) in [5, 5.41) is 2.85. The highest BCUT2D eigenvalue weighted by molar-refractivity contribution is 5.82. The molecule has 1 aromatic rings. The zero-order chi connectivity index (χ0) is 13.0. The number of nitrogens with two attached hydrogens (primary N) is 1. The standard InChI is InChI=1S/C12H18N2O3/c1-7-5-10(17-4)8(6-9(7)16-3)11(14-2)12(13)15/h5-6,11,14H,1-4H3,(H2,13,15). The largest absolute Gasteiger partial charge is 0.496 e. The zero-order valence-electron chi connectivity index (χ0n) is 10.5. The van der Waals surface area contributed by atoms with Crippen molar-refractivity contribution in [3.8, 4) is 11.5 Å². The molecular formula is C12H18N2O3. The van der Waals surface area contributed by atoms with E-state index in [0.717, 1.165) is 5.56 Å². The lowest BCUT2D eigenvalue weighted by Crippen LogP contribution is -2.31. The van der Waals surface area contributed by atoms with Gasteiger partial charge in [0.25, 0.3) is 0 Å². The Morgan fingerprint density at radius 3 is 2.29 bits per heavy atom. The van der Waals surface area contributed by atoms with Gasteiger partial charge in [-0.25, -0.2) is 0 Å². The number of nitrogens with one attached hydrogen (secondary N) is 1. The molecule has 0 fully saturated rings. The number of benzene rings is 1. The molecule has 17 heavy (non-hydrogen) atoms. The van der Waals surface area contributed by atoms with Crippen LogP contribution < -0.4 is 20.5 Å². The number of methoxy groups -OCH3 is 2. The molecule has 0 aliphatic rings. The third-order valence-corrected chi connectivity index (χ3v) is 2.63. The van der Waals surface area contributed by atoms with Crippen LogP contribution in [0.4, 0.5) is 0 Å². The Kier molecular flexibility index (Phi) is 4.34. The van der Waals surface area contributed by atoms with Crippen molar-refractivity contribution < 1.29 is 14.3 Å². The summed E-state index contributed by atoms with van der Waals surface area (Å²) in [5.41, 5.74) is 6.94. The fourth-order valence-corrected chi connectivity index (χ4v) is 1.75. The highest BCUT2D eigenvalue weighted by Crippen LogP contribution is 2.32. The van der Waals surface area contributed by atoms with Crippen molar-refractivity contribution in [1.82, 2.24) is 5.32 Å². The molecule has 0 spiro atoms. The monoisotopic (exact) mass is 238 g/mol. The maximum absolute atomic E-state index is 11.3. The van der Waals surface area contributed by atoms with E-state index in [0.29, 0.717) is 17.1 Å². The van der Waals surface area contributed by atoms with Crippen LogP contribution in [0, 0.1) is 6.92 Å². The van der Waals surface area contributed by atoms with Gasteiger partial charge in [0.2, 0.25) is 5.91 Å². The minimum atomic E-state index is -0.598. The van der Waals surface area contributed by atoms with E-state index in [9.17, 15) is 4.79 Å². The Bertz CT molecular complexity index is 418. The first-order valence-corrected chi connectivity index (χ1v) is 5.24. The molecular weight excluding hydrogens is 220 g/mol. The summed E-state index contributed by atoms with van der Waals surface area (Å²) in [6.45, 7) is 1.91. The number of carbonyl (C=O) groups excluding carboxylic acids is 1. The van der Waals surface area contributed by atoms with Gasteiger partial charge in [0.15, 0.2) is 0 Å². The fourth-order valence-electron chi connectivity index (χ4n) is 1.75. The molecule has 0 heterocycles. The van der Waals surface area contributed by atoms with Crippen LogP contribution in [0.25, 0.3) is 0 Å². The van der Waals surface area contributed by atoms with E-state index in [1.807, 2.05) is 13.0 Å². The summed E-state index contributed by atoms with van der Waals surface area (Å²) in [7, 11) is 4.80. The number of primary amides is 1. The van der Waals surface area contributed by atoms with Crippen LogP contribution in [0.15, 0.2) is 12.1 Å². The molecule has 0 aromatic heterocycles. The van der Waals surface area contributed by atoms with Gasteiger partial charge < -0.3 is 20.5 Å². The number of likely N-dealkylation sites (N-methyl/N-ethyl adjacent to an activating group) is 1. The average Bonchev–Trinajstić information content (AvgIpc) is 2.30. The molecule has 0 aliphatic carbocycles. The lowest BCUT2D eigenvalue weighted by Gasteiger charge is -2.18. The van der Waals surface area contributed by atoms with Crippen molar-refractivity contribution in [3.05, 3.63) is 23.3 Å². The van der Waals surface area contributed by atoms with Crippen molar-refractivity contribution >= 4 is 5.91 Å². The van der Waals surface area contributed by atoms with Crippen LogP contribution in [0.5, 0.6) is 11.5 Å². The molecule has 0 bridgehead atoms. The highest BCUT2D eigenvalue weighted by atomic mass is 16.5. The molecule has 1 rings (SSSR count). The lowest BCUT2D eigenvalue weighted by molar-refractivity contribution is -0.120. The summed E-state index contributed by atoms with van der Waals surface area (Å²) in [4.78, 5) is 11.3. The first-order chi connectivity index (χ1) is 8.04. The maximum Gasteiger partial charge on any atom is 0.239 e. The summed E-state index contributed by atoms with van der Waals surface area (Å²) >= 11 is 0. The molecule has 5 heteroatoms. The molecule has 5 nitrogen and oxygen atoms in total. The Hall–Kier alpha value is -1.75. The molecule has 3 N–H and O–H groups in total. The molecule has 94 valence electrons. The number of rotatable bonds is 5. The Balaban J connectivity index is 3.33. The van der Waals surface area contributed by atoms with Gasteiger partial charge >= 0.3 is 0 Å². The van der Waals surface area contributed by atoms with Crippen LogP contribution in [-0.4, -0.2) is 27.2 Å². The van der Waals surface area contributed by atoms with Crippen LogP contribution in [0.1, 0.15) is 17.2 Å². The van der Waals surface area contributed by atoms with E-state index in [1.54, 1.807) is 27.3 Å². The molecule has 1 aromatic carbocycles. The van der Waals surface area contributed by atoms with Crippen LogP contribution in [0.2, 0.25) is 0 Å². The van der Waals surface area contributed by atoms with Crippen molar-refractivity contribution in [3.63, 3.8) is 0 Å². The number of hydrogen-bond donors (Lipinski definition) is 2. The lowest BCUT2D eigenvalue weighted by atomic mass is 10.0. The van der Waals surface area contributed by atoms with Gasteiger partial charge in [-0.15, -0.1) is 0 Å². The number of hydrogen-bond acceptors (Lipinski definition) is 4. The van der Waals surface area contributed by atoms with Gasteiger partial charge in [-0.1, -0.05) is 0 Å². The Labute approximate surface area is 101 Å². The number of amides is 1. The first-order valence-electron chi connectivity index (χ1n) is 5.24. The Morgan fingerprint density at radius 1 is 1.29 bits per heavy atom. The topological polar surface area (TPSA) is 73.6 Å². The van der Waals surface area contributed by atoms with E-state index < -0.39 is 11.9 Å². The molecule has 0 radical (unpaired) electrons. The predicted molar refractivity (Wildman–Crippen MR) is 65.3 cm³/mol. The molecule has 0 aliphatic heterocycles. The number of aryl methyl sites for hydroxylation is 1. The minimum Gasteiger partial charge on any atom is -0.496 e. The van der Waals surface area contributed by atoms with Gasteiger partial charge in [-0.3, -0.25) is 4.79 Å². The Morgan fingerprint density at radius 2 is 1.88 bits per heavy atom. The summed E-state index contributed by atoms with van der Waals surface area (Å²) in [6.07, 6.45) is 0. The summed E-state index contributed by atoms with van der Waals surface area (Å²) in [6, 6.07) is 2.99. The SMILES string of the molecule is CNC(C(N)=O)c1cc(OC)c(C)cc1OC. The van der Waals surface area contributed by atoms with E-state index >= 15 is 0 Å². The summed E-state index contributed by atoms with van der Waals surface area (Å²) < 4.78 is 10.5. The number of ether oxygens (including phenoxy) is 2. The van der Waals surface area contributed by atoms with Gasteiger partial charge in [-0.2, -0.15) is 0 Å². The molecule has 0 saturated heterocycles. The zero-order valence-corrected chi connectivity index (χ0v) is 10.5. The number of carbonyl (C=O) groups is 1. The van der Waals surface area contributed by atoms with Crippen molar-refractivity contribution in [1.29, 1.82) is 0 Å². The van der Waals surface area contributed by atoms with Gasteiger partial charge in [-0.05, 0) is 31.7 Å². The maximum atomic E-state index is 11.3. The van der Waals surface area contributed by atoms with Crippen LogP contribution in [-0.2, 0) is 4.79 Å². The quantitative estimate of drug-likeness (QED) is 0.794. The van der Waals surface area contributed by atoms with Crippen molar-refractivity contribution in [2.75, 3.05) is 21.3 Å². The van der Waals surface area contributed by atoms with Crippen LogP contribution in [0.3, 0.4) is 0 Å². The smallest absolute Gasteiger partial charge is 0.239 e. The first kappa shape index (κ1) is 13.3. The van der Waals surface area contributed by atoms with Gasteiger partial charge in [0.05, 0.1) is 14.2 Å². The third-order valence-electron chi connectivity index (χ3n) is 2.63. The fraction of sp³-hybridized carbons (Fsp3) is 0.417. The van der Waals surface area contributed by atoms with E-state index in [4.69, 9.17) is 15.2 Å². The second-order valence-corrected chi connectivity index (χ2v) is 3.69. The van der Waals surface area contributed by atoms with Crippen LogP contribution >= 0.6 is 0 Å². The third kappa shape index (κ3) is 2.68. The molecule has 1 amide bonds. The second-order valence-electron chi connectivity index (χ2n) is 3.69. The normalized spacial score (nSPS) is 12.0. The second kappa shape index (κ2) is 5.54. The molecule has 1 atom stereocenters. The highest BCUT2D eigenvalue weighted by Gasteiger charge is 2.21. The summed E-state index contributed by atoms with van der Waals surface area (Å²) in [5.74, 6) is 0.848. The molecule has 0 saturated carbocycles. The predicted octanol–water partition coefficient (Wildman–Crippen LogP) is 0.758. The molecule has 1 unspecified atom stereocenters. The van der Waals surface area contributed by atoms with Crippen molar-refractivity contribution in [2.45, 2.75) is 13.0 Å². The van der Waals surface area contributed by atoms with E-state index in [-0.39, 0.29) is 0 Å². The van der Waals surface area contributed by atoms with E-state index in [1.165, 1.54) is 0 Å². The van der Waals surface area contributed by atoms with Gasteiger partial charge in [0.1, 0.15) is 17.5 Å². The minimum absolute atomic E-state index is 0.461. The van der Waals surface area contributed by atoms with Gasteiger partial charge in [0, 0.05) is 5.56 Å².